The average Bonchev–Trinajstić information content (AvgIpc) is 3.13. The van der Waals surface area contributed by atoms with Gasteiger partial charge in [0.25, 0.3) is 10.0 Å². The maximum atomic E-state index is 13.1. The van der Waals surface area contributed by atoms with Crippen molar-refractivity contribution in [3.8, 4) is 5.88 Å². The van der Waals surface area contributed by atoms with Crippen molar-refractivity contribution in [1.29, 1.82) is 0 Å². The molecular weight excluding hydrogens is 431 g/mol. The molecule has 0 aliphatic rings. The number of rotatable bonds is 5. The van der Waals surface area contributed by atoms with Crippen molar-refractivity contribution >= 4 is 44.1 Å². The largest absolute Gasteiger partial charge is 0.481 e. The second-order valence-electron chi connectivity index (χ2n) is 6.45. The van der Waals surface area contributed by atoms with Gasteiger partial charge in [-0.25, -0.2) is 17.4 Å². The number of methoxy groups -OCH3 is 1. The Hall–Kier alpha value is -2.54. The summed E-state index contributed by atoms with van der Waals surface area (Å²) in [6.07, 6.45) is 2.06. The van der Waals surface area contributed by atoms with E-state index in [1.54, 1.807) is 30.5 Å². The highest BCUT2D eigenvalue weighted by atomic mass is 35.5. The monoisotopic (exact) mass is 446 g/mol. The highest BCUT2D eigenvalue weighted by molar-refractivity contribution is 7.90. The Morgan fingerprint density at radius 1 is 1.03 bits per heavy atom. The number of halogens is 2. The number of hydrogen-bond acceptors (Lipinski definition) is 4. The number of hydrogen-bond donors (Lipinski definition) is 0. The third-order valence-corrected chi connectivity index (χ3v) is 6.83. The van der Waals surface area contributed by atoms with Crippen molar-refractivity contribution in [2.24, 2.45) is 0 Å². The van der Waals surface area contributed by atoms with Gasteiger partial charge in [0.2, 0.25) is 5.88 Å². The summed E-state index contributed by atoms with van der Waals surface area (Å²) in [5.41, 5.74) is 2.32. The van der Waals surface area contributed by atoms with Crippen LogP contribution in [0.3, 0.4) is 0 Å². The van der Waals surface area contributed by atoms with E-state index in [1.165, 1.54) is 23.2 Å². The Labute approximate surface area is 178 Å². The molecule has 0 unspecified atom stereocenters. The topological polar surface area (TPSA) is 61.2 Å². The minimum Gasteiger partial charge on any atom is -0.481 e. The Morgan fingerprint density at radius 3 is 2.59 bits per heavy atom. The third-order valence-electron chi connectivity index (χ3n) is 4.58. The van der Waals surface area contributed by atoms with Crippen LogP contribution >= 0.6 is 23.2 Å². The molecular formula is C21H16Cl2N2O3S. The first-order chi connectivity index (χ1) is 13.9. The number of aromatic nitrogens is 2. The van der Waals surface area contributed by atoms with Crippen LogP contribution in [0.15, 0.2) is 71.8 Å². The quantitative estimate of drug-likeness (QED) is 0.396. The Balaban J connectivity index is 1.75. The van der Waals surface area contributed by atoms with Gasteiger partial charge in [-0.05, 0) is 41.5 Å². The molecule has 0 fully saturated rings. The first-order valence-electron chi connectivity index (χ1n) is 8.69. The van der Waals surface area contributed by atoms with E-state index in [4.69, 9.17) is 27.9 Å². The summed E-state index contributed by atoms with van der Waals surface area (Å²) in [5.74, 6) is 0.440. The summed E-state index contributed by atoms with van der Waals surface area (Å²) in [6, 6.07) is 17.3. The molecule has 29 heavy (non-hydrogen) atoms. The zero-order valence-electron chi connectivity index (χ0n) is 15.3. The molecule has 0 aliphatic carbocycles. The summed E-state index contributed by atoms with van der Waals surface area (Å²) >= 11 is 12.2. The van der Waals surface area contributed by atoms with Gasteiger partial charge in [0.15, 0.2) is 0 Å². The summed E-state index contributed by atoms with van der Waals surface area (Å²) < 4.78 is 32.6. The van der Waals surface area contributed by atoms with Crippen LogP contribution in [0.2, 0.25) is 10.2 Å². The number of fused-ring (bicyclic) bond motifs is 1. The fourth-order valence-corrected chi connectivity index (χ4v) is 4.98. The van der Waals surface area contributed by atoms with Crippen LogP contribution in [0.1, 0.15) is 11.1 Å². The molecule has 4 aromatic rings. The molecule has 0 bridgehead atoms. The van der Waals surface area contributed by atoms with Crippen LogP contribution in [0, 0.1) is 0 Å². The predicted molar refractivity (Wildman–Crippen MR) is 115 cm³/mol. The van der Waals surface area contributed by atoms with Crippen LogP contribution in [0.4, 0.5) is 0 Å². The van der Waals surface area contributed by atoms with Gasteiger partial charge in [-0.3, -0.25) is 0 Å². The van der Waals surface area contributed by atoms with Gasteiger partial charge in [0.1, 0.15) is 5.15 Å². The van der Waals surface area contributed by atoms with E-state index >= 15 is 0 Å². The van der Waals surface area contributed by atoms with Gasteiger partial charge in [0, 0.05) is 29.1 Å². The van der Waals surface area contributed by atoms with E-state index in [9.17, 15) is 8.42 Å². The van der Waals surface area contributed by atoms with E-state index in [0.717, 1.165) is 16.5 Å². The minimum absolute atomic E-state index is 0.135. The maximum Gasteiger partial charge on any atom is 0.268 e. The summed E-state index contributed by atoms with van der Waals surface area (Å²) in [7, 11) is -2.25. The lowest BCUT2D eigenvalue weighted by molar-refractivity contribution is 0.397. The van der Waals surface area contributed by atoms with E-state index < -0.39 is 10.0 Å². The van der Waals surface area contributed by atoms with Crippen molar-refractivity contribution in [2.75, 3.05) is 7.11 Å². The van der Waals surface area contributed by atoms with Gasteiger partial charge in [0.05, 0.1) is 17.5 Å². The lowest BCUT2D eigenvalue weighted by atomic mass is 10.1. The lowest BCUT2D eigenvalue weighted by Gasteiger charge is -2.10. The van der Waals surface area contributed by atoms with E-state index in [2.05, 4.69) is 4.98 Å². The van der Waals surface area contributed by atoms with E-state index in [-0.39, 0.29) is 4.90 Å². The SMILES string of the molecule is COc1ccc(Cc2ccc3ccn(S(=O)(=O)c4cccc(Cl)c4)c3c2)c(Cl)n1. The first kappa shape index (κ1) is 19.8. The molecule has 2 aromatic heterocycles. The van der Waals surface area contributed by atoms with Crippen LogP contribution in [0.25, 0.3) is 10.9 Å². The van der Waals surface area contributed by atoms with E-state index in [1.807, 2.05) is 24.3 Å². The molecule has 0 N–H and O–H groups in total. The Kier molecular flexibility index (Phi) is 5.25. The molecule has 0 saturated carbocycles. The molecule has 0 spiro atoms. The van der Waals surface area contributed by atoms with Gasteiger partial charge >= 0.3 is 0 Å². The zero-order chi connectivity index (χ0) is 20.6. The molecule has 0 amide bonds. The number of pyridine rings is 1. The van der Waals surface area contributed by atoms with Crippen molar-refractivity contribution in [1.82, 2.24) is 8.96 Å². The van der Waals surface area contributed by atoms with Crippen molar-refractivity contribution < 1.29 is 13.2 Å². The average molecular weight is 447 g/mol. The fraction of sp³-hybridized carbons (Fsp3) is 0.0952. The van der Waals surface area contributed by atoms with Crippen LogP contribution in [-0.4, -0.2) is 24.5 Å². The molecule has 2 heterocycles. The number of ether oxygens (including phenoxy) is 1. The van der Waals surface area contributed by atoms with Crippen LogP contribution < -0.4 is 4.74 Å². The molecule has 0 radical (unpaired) electrons. The fourth-order valence-electron chi connectivity index (χ4n) is 3.12. The summed E-state index contributed by atoms with van der Waals surface area (Å²) in [4.78, 5) is 4.31. The van der Waals surface area contributed by atoms with Gasteiger partial charge in [-0.2, -0.15) is 0 Å². The second kappa shape index (κ2) is 7.71. The molecule has 0 saturated heterocycles. The van der Waals surface area contributed by atoms with Gasteiger partial charge in [-0.1, -0.05) is 47.5 Å². The molecule has 5 nitrogen and oxygen atoms in total. The van der Waals surface area contributed by atoms with Crippen molar-refractivity contribution in [3.05, 3.63) is 88.2 Å². The third kappa shape index (κ3) is 3.83. The van der Waals surface area contributed by atoms with Gasteiger partial charge < -0.3 is 4.74 Å². The Morgan fingerprint density at radius 2 is 1.86 bits per heavy atom. The zero-order valence-corrected chi connectivity index (χ0v) is 17.7. The summed E-state index contributed by atoms with van der Waals surface area (Å²) in [5, 5.41) is 1.54. The molecule has 4 rings (SSSR count). The molecule has 2 aromatic carbocycles. The van der Waals surface area contributed by atoms with Crippen LogP contribution in [0.5, 0.6) is 5.88 Å². The first-order valence-corrected chi connectivity index (χ1v) is 10.9. The van der Waals surface area contributed by atoms with Gasteiger partial charge in [-0.15, -0.1) is 0 Å². The number of nitrogens with zero attached hydrogens (tertiary/aromatic N) is 2. The molecule has 8 heteroatoms. The maximum absolute atomic E-state index is 13.1. The molecule has 0 atom stereocenters. The minimum atomic E-state index is -3.77. The van der Waals surface area contributed by atoms with Crippen molar-refractivity contribution in [2.45, 2.75) is 11.3 Å². The standard InChI is InChI=1S/C21H16Cl2N2O3S/c1-28-20-8-7-16(21(23)24-20)11-14-5-6-15-9-10-25(19(15)12-14)29(26,27)18-4-2-3-17(22)13-18/h2-10,12-13H,11H2,1H3. The smallest absolute Gasteiger partial charge is 0.268 e. The predicted octanol–water partition coefficient (Wildman–Crippen LogP) is 5.18. The highest BCUT2D eigenvalue weighted by Gasteiger charge is 2.19. The van der Waals surface area contributed by atoms with Crippen LogP contribution in [-0.2, 0) is 16.4 Å². The second-order valence-corrected chi connectivity index (χ2v) is 9.06. The lowest BCUT2D eigenvalue weighted by Crippen LogP contribution is -2.11. The van der Waals surface area contributed by atoms with E-state index in [0.29, 0.717) is 28.0 Å². The molecule has 0 aliphatic heterocycles. The summed E-state index contributed by atoms with van der Waals surface area (Å²) in [6.45, 7) is 0. The number of benzene rings is 2. The molecule has 148 valence electrons. The Bertz CT molecular complexity index is 1320. The highest BCUT2D eigenvalue weighted by Crippen LogP contribution is 2.27. The normalized spacial score (nSPS) is 11.7. The van der Waals surface area contributed by atoms with Crippen molar-refractivity contribution in [3.63, 3.8) is 0 Å².